The number of aryl methyl sites for hydroxylation is 1. The summed E-state index contributed by atoms with van der Waals surface area (Å²) in [7, 11) is 0. The van der Waals surface area contributed by atoms with Gasteiger partial charge >= 0.3 is 0 Å². The maximum Gasteiger partial charge on any atom is 0.256 e. The third kappa shape index (κ3) is 6.52. The van der Waals surface area contributed by atoms with Crippen molar-refractivity contribution in [3.05, 3.63) is 108 Å². The van der Waals surface area contributed by atoms with Crippen molar-refractivity contribution in [3.63, 3.8) is 0 Å². The SMILES string of the molecule is Cc1ccc(NC(=O)/C=C/c2ccccc2)cc1C(=O)Nc1cnc(Nc2cccc(N)c2)nc1. The lowest BCUT2D eigenvalue weighted by atomic mass is 10.1. The summed E-state index contributed by atoms with van der Waals surface area (Å²) in [6, 6.07) is 21.9. The fourth-order valence-corrected chi connectivity index (χ4v) is 3.27. The minimum absolute atomic E-state index is 0.291. The Bertz CT molecular complexity index is 1370. The number of nitrogens with zero attached hydrogens (tertiary/aromatic N) is 2. The molecule has 3 aromatic carbocycles. The van der Waals surface area contributed by atoms with Crippen LogP contribution in [0.3, 0.4) is 0 Å². The third-order valence-corrected chi connectivity index (χ3v) is 5.03. The number of hydrogen-bond acceptors (Lipinski definition) is 6. The summed E-state index contributed by atoms with van der Waals surface area (Å²) in [5.41, 5.74) is 10.2. The highest BCUT2D eigenvalue weighted by molar-refractivity contribution is 6.07. The number of nitrogen functional groups attached to an aromatic ring is 1. The molecule has 0 aliphatic carbocycles. The summed E-state index contributed by atoms with van der Waals surface area (Å²) >= 11 is 0. The van der Waals surface area contributed by atoms with Gasteiger partial charge in [-0.05, 0) is 54.5 Å². The predicted octanol–water partition coefficient (Wildman–Crippen LogP) is 5.02. The molecule has 35 heavy (non-hydrogen) atoms. The van der Waals surface area contributed by atoms with Crippen LogP contribution in [0.15, 0.2) is 91.3 Å². The Balaban J connectivity index is 1.39. The summed E-state index contributed by atoms with van der Waals surface area (Å²) in [5.74, 6) is -0.252. The molecule has 0 saturated heterocycles. The first kappa shape index (κ1) is 23.2. The lowest BCUT2D eigenvalue weighted by molar-refractivity contribution is -0.111. The molecule has 0 bridgehead atoms. The highest BCUT2D eigenvalue weighted by Crippen LogP contribution is 2.19. The molecular formula is C27H24N6O2. The first-order valence-corrected chi connectivity index (χ1v) is 10.9. The van der Waals surface area contributed by atoms with E-state index in [4.69, 9.17) is 5.73 Å². The van der Waals surface area contributed by atoms with Crippen molar-refractivity contribution >= 4 is 46.6 Å². The van der Waals surface area contributed by atoms with Gasteiger partial charge in [0.15, 0.2) is 0 Å². The van der Waals surface area contributed by atoms with Gasteiger partial charge in [-0.25, -0.2) is 9.97 Å². The van der Waals surface area contributed by atoms with Crippen molar-refractivity contribution in [2.45, 2.75) is 6.92 Å². The number of anilines is 5. The average molecular weight is 465 g/mol. The van der Waals surface area contributed by atoms with Crippen molar-refractivity contribution in [2.75, 3.05) is 21.7 Å². The van der Waals surface area contributed by atoms with Crippen molar-refractivity contribution in [1.29, 1.82) is 0 Å². The molecule has 4 rings (SSSR count). The number of benzene rings is 3. The molecule has 0 unspecified atom stereocenters. The van der Waals surface area contributed by atoms with Gasteiger partial charge in [-0.3, -0.25) is 9.59 Å². The van der Waals surface area contributed by atoms with Crippen LogP contribution < -0.4 is 21.7 Å². The fourth-order valence-electron chi connectivity index (χ4n) is 3.27. The van der Waals surface area contributed by atoms with E-state index in [0.29, 0.717) is 28.6 Å². The van der Waals surface area contributed by atoms with E-state index in [1.807, 2.05) is 49.4 Å². The second-order valence-corrected chi connectivity index (χ2v) is 7.76. The molecule has 0 aliphatic rings. The Kier molecular flexibility index (Phi) is 7.13. The lowest BCUT2D eigenvalue weighted by Crippen LogP contribution is -2.15. The van der Waals surface area contributed by atoms with Crippen LogP contribution in [0.5, 0.6) is 0 Å². The Hall–Kier alpha value is -4.98. The van der Waals surface area contributed by atoms with Gasteiger partial charge in [0.25, 0.3) is 5.91 Å². The molecule has 0 saturated carbocycles. The quantitative estimate of drug-likeness (QED) is 0.225. The molecule has 1 aromatic heterocycles. The minimum Gasteiger partial charge on any atom is -0.399 e. The van der Waals surface area contributed by atoms with Crippen molar-refractivity contribution in [3.8, 4) is 0 Å². The Morgan fingerprint density at radius 3 is 2.34 bits per heavy atom. The van der Waals surface area contributed by atoms with Crippen LogP contribution >= 0.6 is 0 Å². The highest BCUT2D eigenvalue weighted by atomic mass is 16.2. The molecule has 5 N–H and O–H groups in total. The third-order valence-electron chi connectivity index (χ3n) is 5.03. The number of amides is 2. The van der Waals surface area contributed by atoms with Crippen LogP contribution in [0.4, 0.5) is 28.7 Å². The van der Waals surface area contributed by atoms with Gasteiger partial charge in [0.2, 0.25) is 11.9 Å². The van der Waals surface area contributed by atoms with Crippen LogP contribution in [0.2, 0.25) is 0 Å². The molecule has 1 heterocycles. The zero-order valence-corrected chi connectivity index (χ0v) is 19.0. The number of aromatic nitrogens is 2. The Morgan fingerprint density at radius 2 is 1.60 bits per heavy atom. The van der Waals surface area contributed by atoms with Gasteiger partial charge in [0.05, 0.1) is 18.1 Å². The zero-order valence-electron chi connectivity index (χ0n) is 19.0. The number of nitrogens with two attached hydrogens (primary N) is 1. The van der Waals surface area contributed by atoms with Gasteiger partial charge in [-0.1, -0.05) is 42.5 Å². The normalized spacial score (nSPS) is 10.7. The summed E-state index contributed by atoms with van der Waals surface area (Å²) in [6.45, 7) is 1.82. The zero-order chi connectivity index (χ0) is 24.6. The van der Waals surface area contributed by atoms with Gasteiger partial charge in [-0.15, -0.1) is 0 Å². The molecule has 0 atom stereocenters. The van der Waals surface area contributed by atoms with Crippen LogP contribution in [-0.4, -0.2) is 21.8 Å². The van der Waals surface area contributed by atoms with E-state index in [0.717, 1.165) is 16.8 Å². The Labute approximate surface area is 202 Å². The smallest absolute Gasteiger partial charge is 0.256 e. The van der Waals surface area contributed by atoms with Crippen LogP contribution in [0.1, 0.15) is 21.5 Å². The van der Waals surface area contributed by atoms with E-state index in [1.54, 1.807) is 36.4 Å². The molecule has 8 heteroatoms. The van der Waals surface area contributed by atoms with E-state index in [1.165, 1.54) is 18.5 Å². The predicted molar refractivity (Wildman–Crippen MR) is 139 cm³/mol. The molecule has 8 nitrogen and oxygen atoms in total. The topological polar surface area (TPSA) is 122 Å². The van der Waals surface area contributed by atoms with E-state index < -0.39 is 0 Å². The van der Waals surface area contributed by atoms with Gasteiger partial charge in [0.1, 0.15) is 0 Å². The largest absolute Gasteiger partial charge is 0.399 e. The molecule has 0 radical (unpaired) electrons. The molecule has 174 valence electrons. The van der Waals surface area contributed by atoms with E-state index in [-0.39, 0.29) is 11.8 Å². The number of hydrogen-bond donors (Lipinski definition) is 4. The van der Waals surface area contributed by atoms with E-state index in [2.05, 4.69) is 25.9 Å². The summed E-state index contributed by atoms with van der Waals surface area (Å²) in [4.78, 5) is 33.6. The number of carbonyl (C=O) groups excluding carboxylic acids is 2. The minimum atomic E-state index is -0.335. The van der Waals surface area contributed by atoms with Crippen LogP contribution in [-0.2, 0) is 4.79 Å². The maximum atomic E-state index is 12.9. The summed E-state index contributed by atoms with van der Waals surface area (Å²) < 4.78 is 0. The van der Waals surface area contributed by atoms with Crippen LogP contribution in [0.25, 0.3) is 6.08 Å². The number of carbonyl (C=O) groups is 2. The molecule has 0 spiro atoms. The molecule has 4 aromatic rings. The van der Waals surface area contributed by atoms with Gasteiger partial charge in [0, 0.05) is 28.7 Å². The second kappa shape index (κ2) is 10.8. The Morgan fingerprint density at radius 1 is 0.829 bits per heavy atom. The molecular weight excluding hydrogens is 440 g/mol. The fraction of sp³-hybridized carbons (Fsp3) is 0.0370. The molecule has 0 fully saturated rings. The van der Waals surface area contributed by atoms with Crippen molar-refractivity contribution < 1.29 is 9.59 Å². The average Bonchev–Trinajstić information content (AvgIpc) is 2.86. The van der Waals surface area contributed by atoms with E-state index >= 15 is 0 Å². The van der Waals surface area contributed by atoms with Gasteiger partial charge < -0.3 is 21.7 Å². The van der Waals surface area contributed by atoms with Crippen molar-refractivity contribution in [2.24, 2.45) is 0 Å². The highest BCUT2D eigenvalue weighted by Gasteiger charge is 2.12. The number of nitrogens with one attached hydrogen (secondary N) is 3. The standard InChI is InChI=1S/C27H24N6O2/c1-18-10-12-22(31-25(34)13-11-19-6-3-2-4-7-19)15-24(18)26(35)32-23-16-29-27(30-17-23)33-21-9-5-8-20(28)14-21/h2-17H,28H2,1H3,(H,31,34)(H,32,35)(H,29,30,33)/b13-11+. The summed E-state index contributed by atoms with van der Waals surface area (Å²) in [5, 5.41) is 8.63. The molecule has 0 aliphatic heterocycles. The lowest BCUT2D eigenvalue weighted by Gasteiger charge is -2.11. The van der Waals surface area contributed by atoms with E-state index in [9.17, 15) is 9.59 Å². The van der Waals surface area contributed by atoms with Crippen LogP contribution in [0, 0.1) is 6.92 Å². The second-order valence-electron chi connectivity index (χ2n) is 7.76. The first-order valence-electron chi connectivity index (χ1n) is 10.9. The molecule has 2 amide bonds. The monoisotopic (exact) mass is 464 g/mol. The summed E-state index contributed by atoms with van der Waals surface area (Å²) in [6.07, 6.45) is 6.19. The first-order chi connectivity index (χ1) is 17.0. The van der Waals surface area contributed by atoms with Crippen molar-refractivity contribution in [1.82, 2.24) is 9.97 Å². The van der Waals surface area contributed by atoms with Gasteiger partial charge in [-0.2, -0.15) is 0 Å². The number of rotatable bonds is 7. The maximum absolute atomic E-state index is 12.9.